The van der Waals surface area contributed by atoms with Gasteiger partial charge in [0.15, 0.2) is 0 Å². The van der Waals surface area contributed by atoms with Crippen molar-refractivity contribution < 1.29 is 27.8 Å². The number of nitrogens with zero attached hydrogens (tertiary/aromatic N) is 2. The number of rotatable bonds is 3. The van der Waals surface area contributed by atoms with Gasteiger partial charge in [-0.1, -0.05) is 28.1 Å². The van der Waals surface area contributed by atoms with Gasteiger partial charge >= 0.3 is 12.1 Å². The third kappa shape index (κ3) is 3.05. The quantitative estimate of drug-likeness (QED) is 0.941. The molecule has 9 heteroatoms. The number of halogens is 3. The first-order valence-corrected chi connectivity index (χ1v) is 6.01. The van der Waals surface area contributed by atoms with Crippen LogP contribution in [0.3, 0.4) is 0 Å². The number of carboxylic acid groups (broad SMARTS) is 1. The van der Waals surface area contributed by atoms with Crippen LogP contribution in [0.25, 0.3) is 0 Å². The fourth-order valence-corrected chi connectivity index (χ4v) is 1.94. The van der Waals surface area contributed by atoms with E-state index in [1.807, 2.05) is 0 Å². The van der Waals surface area contributed by atoms with Crippen LogP contribution in [0.1, 0.15) is 20.9 Å². The summed E-state index contributed by atoms with van der Waals surface area (Å²) in [5, 5.41) is 13.7. The van der Waals surface area contributed by atoms with E-state index in [4.69, 9.17) is 9.84 Å². The Kier molecular flexibility index (Phi) is 3.62. The van der Waals surface area contributed by atoms with Crippen molar-refractivity contribution in [1.82, 2.24) is 10.2 Å². The first kappa shape index (κ1) is 14.3. The van der Waals surface area contributed by atoms with E-state index in [0.717, 1.165) is 0 Å². The Morgan fingerprint density at radius 1 is 1.35 bits per heavy atom. The van der Waals surface area contributed by atoms with Crippen LogP contribution in [-0.2, 0) is 6.18 Å². The first-order chi connectivity index (χ1) is 9.27. The SMILES string of the molecule is Cc1ccc(Oc2nnc(C(F)(F)F)s2)c(C(=O)O)c1. The highest BCUT2D eigenvalue weighted by Crippen LogP contribution is 2.36. The molecule has 0 unspecified atom stereocenters. The maximum Gasteiger partial charge on any atom is 0.445 e. The number of aromatic carboxylic acids is 1. The number of hydrogen-bond acceptors (Lipinski definition) is 5. The molecule has 0 aliphatic carbocycles. The molecule has 0 atom stereocenters. The molecule has 1 aromatic heterocycles. The lowest BCUT2D eigenvalue weighted by atomic mass is 10.1. The second-order valence-electron chi connectivity index (χ2n) is 3.78. The lowest BCUT2D eigenvalue weighted by Gasteiger charge is -2.06. The van der Waals surface area contributed by atoms with Crippen LogP contribution in [0.15, 0.2) is 18.2 Å². The van der Waals surface area contributed by atoms with Crippen molar-refractivity contribution in [2.24, 2.45) is 0 Å². The summed E-state index contributed by atoms with van der Waals surface area (Å²) in [5.74, 6) is -1.34. The van der Waals surface area contributed by atoms with Crippen LogP contribution in [0, 0.1) is 6.92 Å². The monoisotopic (exact) mass is 304 g/mol. The minimum Gasteiger partial charge on any atom is -0.478 e. The molecule has 1 heterocycles. The van der Waals surface area contributed by atoms with Crippen LogP contribution in [0.2, 0.25) is 0 Å². The third-order valence-electron chi connectivity index (χ3n) is 2.21. The van der Waals surface area contributed by atoms with Gasteiger partial charge in [-0.2, -0.15) is 13.2 Å². The summed E-state index contributed by atoms with van der Waals surface area (Å²) < 4.78 is 42.1. The Morgan fingerprint density at radius 3 is 2.60 bits per heavy atom. The van der Waals surface area contributed by atoms with Crippen LogP contribution < -0.4 is 4.74 Å². The number of carbonyl (C=O) groups is 1. The van der Waals surface area contributed by atoms with Gasteiger partial charge in [-0.05, 0) is 19.1 Å². The average molecular weight is 304 g/mol. The number of hydrogen-bond donors (Lipinski definition) is 1. The van der Waals surface area contributed by atoms with Crippen LogP contribution >= 0.6 is 11.3 Å². The normalized spacial score (nSPS) is 11.4. The van der Waals surface area contributed by atoms with Crippen molar-refractivity contribution in [3.05, 3.63) is 34.3 Å². The Balaban J connectivity index is 2.31. The molecule has 0 aliphatic rings. The highest BCUT2D eigenvalue weighted by atomic mass is 32.1. The molecule has 2 rings (SSSR count). The molecule has 1 aromatic carbocycles. The standard InChI is InChI=1S/C11H7F3N2O3S/c1-5-2-3-7(6(4-5)8(17)18)19-10-16-15-9(20-10)11(12,13)14/h2-4H,1H3,(H,17,18). The van der Waals surface area contributed by atoms with Gasteiger partial charge in [-0.25, -0.2) is 4.79 Å². The Bertz CT molecular complexity index is 655. The highest BCUT2D eigenvalue weighted by Gasteiger charge is 2.36. The van der Waals surface area contributed by atoms with Crippen molar-refractivity contribution in [2.45, 2.75) is 13.1 Å². The molecule has 1 N–H and O–H groups in total. The predicted molar refractivity (Wildman–Crippen MR) is 63.1 cm³/mol. The third-order valence-corrected chi connectivity index (χ3v) is 3.06. The zero-order valence-corrected chi connectivity index (χ0v) is 10.7. The van der Waals surface area contributed by atoms with Gasteiger partial charge in [0.25, 0.3) is 5.19 Å². The molecule has 2 aromatic rings. The van der Waals surface area contributed by atoms with Crippen LogP contribution in [-0.4, -0.2) is 21.3 Å². The van der Waals surface area contributed by atoms with Gasteiger partial charge in [-0.3, -0.25) is 0 Å². The van der Waals surface area contributed by atoms with E-state index in [1.165, 1.54) is 12.1 Å². The van der Waals surface area contributed by atoms with Gasteiger partial charge in [0, 0.05) is 0 Å². The Morgan fingerprint density at radius 2 is 2.05 bits per heavy atom. The van der Waals surface area contributed by atoms with E-state index < -0.39 is 17.2 Å². The molecular formula is C11H7F3N2O3S. The van der Waals surface area contributed by atoms with E-state index >= 15 is 0 Å². The highest BCUT2D eigenvalue weighted by molar-refractivity contribution is 7.13. The summed E-state index contributed by atoms with van der Waals surface area (Å²) in [5.41, 5.74) is 0.525. The molecule has 0 saturated heterocycles. The van der Waals surface area contributed by atoms with E-state index in [0.29, 0.717) is 5.56 Å². The first-order valence-electron chi connectivity index (χ1n) is 5.20. The molecule has 0 spiro atoms. The van der Waals surface area contributed by atoms with Crippen molar-refractivity contribution in [3.63, 3.8) is 0 Å². The van der Waals surface area contributed by atoms with Crippen molar-refractivity contribution >= 4 is 17.3 Å². The zero-order chi connectivity index (χ0) is 14.9. The Hall–Kier alpha value is -2.16. The maximum absolute atomic E-state index is 12.4. The number of benzene rings is 1. The van der Waals surface area contributed by atoms with Gasteiger partial charge in [0.2, 0.25) is 5.01 Å². The Labute approximate surface area is 114 Å². The minimum atomic E-state index is -4.61. The van der Waals surface area contributed by atoms with E-state index in [2.05, 4.69) is 10.2 Å². The smallest absolute Gasteiger partial charge is 0.445 e. The maximum atomic E-state index is 12.4. The summed E-state index contributed by atoms with van der Waals surface area (Å²) in [4.78, 5) is 11.0. The summed E-state index contributed by atoms with van der Waals surface area (Å²) in [6.45, 7) is 1.68. The molecule has 0 aliphatic heterocycles. The molecule has 0 bridgehead atoms. The molecule has 20 heavy (non-hydrogen) atoms. The van der Waals surface area contributed by atoms with Crippen molar-refractivity contribution in [3.8, 4) is 10.9 Å². The van der Waals surface area contributed by atoms with E-state index in [-0.39, 0.29) is 27.8 Å². The summed E-state index contributed by atoms with van der Waals surface area (Å²) >= 11 is 0.197. The number of aromatic nitrogens is 2. The fourth-order valence-electron chi connectivity index (χ4n) is 1.36. The second-order valence-corrected chi connectivity index (χ2v) is 4.72. The average Bonchev–Trinajstić information content (AvgIpc) is 2.79. The predicted octanol–water partition coefficient (Wildman–Crippen LogP) is 3.36. The molecule has 0 saturated carbocycles. The topological polar surface area (TPSA) is 72.3 Å². The largest absolute Gasteiger partial charge is 0.478 e. The van der Waals surface area contributed by atoms with Crippen molar-refractivity contribution in [2.75, 3.05) is 0 Å². The van der Waals surface area contributed by atoms with E-state index in [9.17, 15) is 18.0 Å². The molecule has 0 fully saturated rings. The zero-order valence-electron chi connectivity index (χ0n) is 9.93. The van der Waals surface area contributed by atoms with Gasteiger partial charge < -0.3 is 9.84 Å². The van der Waals surface area contributed by atoms with Crippen LogP contribution in [0.4, 0.5) is 13.2 Å². The number of aryl methyl sites for hydroxylation is 1. The van der Waals surface area contributed by atoms with Gasteiger partial charge in [0.05, 0.1) is 0 Å². The summed E-state index contributed by atoms with van der Waals surface area (Å²) in [7, 11) is 0. The number of carboxylic acids is 1. The molecule has 0 amide bonds. The van der Waals surface area contributed by atoms with Gasteiger partial charge in [0.1, 0.15) is 11.3 Å². The number of alkyl halides is 3. The van der Waals surface area contributed by atoms with Crippen LogP contribution in [0.5, 0.6) is 10.9 Å². The second kappa shape index (κ2) is 5.08. The lowest BCUT2D eigenvalue weighted by Crippen LogP contribution is -2.03. The molecule has 106 valence electrons. The van der Waals surface area contributed by atoms with Crippen molar-refractivity contribution in [1.29, 1.82) is 0 Å². The van der Waals surface area contributed by atoms with E-state index in [1.54, 1.807) is 13.0 Å². The lowest BCUT2D eigenvalue weighted by molar-refractivity contribution is -0.138. The number of ether oxygens (including phenoxy) is 1. The minimum absolute atomic E-state index is 0.0898. The molecular weight excluding hydrogens is 297 g/mol. The fraction of sp³-hybridized carbons (Fsp3) is 0.182. The molecule has 0 radical (unpaired) electrons. The molecule has 5 nitrogen and oxygen atoms in total. The summed E-state index contributed by atoms with van der Waals surface area (Å²) in [6, 6.07) is 4.28. The van der Waals surface area contributed by atoms with Gasteiger partial charge in [-0.15, -0.1) is 5.10 Å². The summed E-state index contributed by atoms with van der Waals surface area (Å²) in [6.07, 6.45) is -4.61.